The maximum absolute atomic E-state index is 10.3. The summed E-state index contributed by atoms with van der Waals surface area (Å²) < 4.78 is 2.06. The summed E-state index contributed by atoms with van der Waals surface area (Å²) in [6, 6.07) is 15.7. The zero-order chi connectivity index (χ0) is 13.0. The molecule has 3 N–H and O–H groups in total. The van der Waals surface area contributed by atoms with Crippen molar-refractivity contribution < 1.29 is 5.11 Å². The van der Waals surface area contributed by atoms with Crippen LogP contribution in [0.4, 0.5) is 5.69 Å². The van der Waals surface area contributed by atoms with Crippen molar-refractivity contribution in [3.63, 3.8) is 0 Å². The highest BCUT2D eigenvalue weighted by atomic mass is 16.3. The van der Waals surface area contributed by atoms with Crippen molar-refractivity contribution in [2.24, 2.45) is 0 Å². The lowest BCUT2D eigenvalue weighted by atomic mass is 10.0. The number of nitrogen functional groups attached to an aromatic ring is 1. The number of aromatic hydroxyl groups is 1. The molecule has 0 unspecified atom stereocenters. The van der Waals surface area contributed by atoms with Crippen LogP contribution in [0.2, 0.25) is 0 Å². The van der Waals surface area contributed by atoms with Gasteiger partial charge in [-0.15, -0.1) is 0 Å². The maximum Gasteiger partial charge on any atom is 0.127 e. The van der Waals surface area contributed by atoms with E-state index in [4.69, 9.17) is 5.73 Å². The van der Waals surface area contributed by atoms with E-state index in [0.29, 0.717) is 5.69 Å². The lowest BCUT2D eigenvalue weighted by Crippen LogP contribution is -1.92. The molecule has 2 heterocycles. The number of hydrogen-bond acceptors (Lipinski definition) is 2. The first-order valence-corrected chi connectivity index (χ1v) is 6.16. The fourth-order valence-electron chi connectivity index (χ4n) is 2.83. The second-order valence-electron chi connectivity index (χ2n) is 4.74. The molecule has 2 aromatic heterocycles. The van der Waals surface area contributed by atoms with E-state index in [9.17, 15) is 5.11 Å². The molecule has 0 atom stereocenters. The lowest BCUT2D eigenvalue weighted by Gasteiger charge is -2.11. The minimum absolute atomic E-state index is 0.224. The van der Waals surface area contributed by atoms with Gasteiger partial charge in [0.15, 0.2) is 0 Å². The molecule has 0 amide bonds. The van der Waals surface area contributed by atoms with Crippen molar-refractivity contribution in [3.8, 4) is 5.75 Å². The van der Waals surface area contributed by atoms with Crippen LogP contribution in [0, 0.1) is 0 Å². The number of fused-ring (bicyclic) bond motifs is 6. The van der Waals surface area contributed by atoms with E-state index in [1.54, 1.807) is 6.07 Å². The molecular weight excluding hydrogens is 236 g/mol. The number of rotatable bonds is 0. The minimum Gasteiger partial charge on any atom is -0.507 e. The summed E-state index contributed by atoms with van der Waals surface area (Å²) in [5.41, 5.74) is 8.47. The van der Waals surface area contributed by atoms with E-state index in [1.165, 1.54) is 0 Å². The Kier molecular flexibility index (Phi) is 1.85. The van der Waals surface area contributed by atoms with Crippen LogP contribution in [0.15, 0.2) is 54.7 Å². The Morgan fingerprint density at radius 2 is 1.68 bits per heavy atom. The number of phenolic OH excluding ortho intramolecular Hbond substituents is 1. The first-order chi connectivity index (χ1) is 9.25. The molecule has 0 aliphatic heterocycles. The highest BCUT2D eigenvalue weighted by molar-refractivity contribution is 6.15. The molecule has 3 heteroatoms. The summed E-state index contributed by atoms with van der Waals surface area (Å²) in [4.78, 5) is 0. The molecule has 0 spiro atoms. The van der Waals surface area contributed by atoms with Crippen molar-refractivity contribution in [2.75, 3.05) is 5.73 Å². The van der Waals surface area contributed by atoms with Crippen molar-refractivity contribution in [1.82, 2.24) is 4.40 Å². The van der Waals surface area contributed by atoms with Crippen LogP contribution in [0.5, 0.6) is 5.75 Å². The molecule has 0 aliphatic rings. The fourth-order valence-corrected chi connectivity index (χ4v) is 2.83. The summed E-state index contributed by atoms with van der Waals surface area (Å²) in [7, 11) is 0. The summed E-state index contributed by atoms with van der Waals surface area (Å²) in [5.74, 6) is 0.224. The average molecular weight is 248 g/mol. The molecule has 0 aliphatic carbocycles. The number of hydrogen-bond donors (Lipinski definition) is 2. The van der Waals surface area contributed by atoms with Gasteiger partial charge in [-0.3, -0.25) is 0 Å². The maximum atomic E-state index is 10.3. The van der Waals surface area contributed by atoms with Gasteiger partial charge < -0.3 is 15.2 Å². The van der Waals surface area contributed by atoms with E-state index in [1.807, 2.05) is 36.5 Å². The van der Waals surface area contributed by atoms with Crippen molar-refractivity contribution in [2.45, 2.75) is 0 Å². The minimum atomic E-state index is 0.224. The number of nitrogens with two attached hydrogens (primary N) is 1. The first-order valence-electron chi connectivity index (χ1n) is 6.16. The van der Waals surface area contributed by atoms with Gasteiger partial charge in [-0.2, -0.15) is 0 Å². The van der Waals surface area contributed by atoms with Gasteiger partial charge in [0.05, 0.1) is 11.0 Å². The topological polar surface area (TPSA) is 50.7 Å². The van der Waals surface area contributed by atoms with Crippen LogP contribution >= 0.6 is 0 Å². The zero-order valence-electron chi connectivity index (χ0n) is 10.2. The number of phenols is 1. The summed E-state index contributed by atoms with van der Waals surface area (Å²) in [6.07, 6.45) is 1.99. The molecule has 4 rings (SSSR count). The highest BCUT2D eigenvalue weighted by Crippen LogP contribution is 2.36. The van der Waals surface area contributed by atoms with E-state index >= 15 is 0 Å². The van der Waals surface area contributed by atoms with Crippen molar-refractivity contribution in [1.29, 1.82) is 0 Å². The number of benzene rings is 2. The van der Waals surface area contributed by atoms with Crippen LogP contribution < -0.4 is 5.73 Å². The van der Waals surface area contributed by atoms with Gasteiger partial charge in [-0.1, -0.05) is 24.3 Å². The van der Waals surface area contributed by atoms with Crippen molar-refractivity contribution >= 4 is 32.9 Å². The van der Waals surface area contributed by atoms with Gasteiger partial charge in [0.2, 0.25) is 0 Å². The predicted molar refractivity (Wildman–Crippen MR) is 78.5 cm³/mol. The quantitative estimate of drug-likeness (QED) is 0.369. The summed E-state index contributed by atoms with van der Waals surface area (Å²) in [6.45, 7) is 0. The van der Waals surface area contributed by atoms with E-state index < -0.39 is 0 Å². The number of pyridine rings is 1. The molecule has 0 fully saturated rings. The van der Waals surface area contributed by atoms with Gasteiger partial charge in [0.25, 0.3) is 0 Å². The molecule has 0 bridgehead atoms. The first kappa shape index (κ1) is 10.3. The Labute approximate surface area is 109 Å². The molecule has 92 valence electrons. The third-order valence-electron chi connectivity index (χ3n) is 3.60. The molecule has 19 heavy (non-hydrogen) atoms. The van der Waals surface area contributed by atoms with E-state index in [0.717, 1.165) is 27.2 Å². The third kappa shape index (κ3) is 1.27. The van der Waals surface area contributed by atoms with Gasteiger partial charge in [0.1, 0.15) is 5.75 Å². The largest absolute Gasteiger partial charge is 0.507 e. The normalized spacial score (nSPS) is 11.6. The van der Waals surface area contributed by atoms with Crippen LogP contribution in [0.25, 0.3) is 27.2 Å². The van der Waals surface area contributed by atoms with Gasteiger partial charge in [-0.05, 0) is 23.6 Å². The summed E-state index contributed by atoms with van der Waals surface area (Å²) in [5, 5.41) is 13.3. The molecular formula is C16H12N2O. The second kappa shape index (κ2) is 3.42. The van der Waals surface area contributed by atoms with E-state index in [2.05, 4.69) is 16.5 Å². The van der Waals surface area contributed by atoms with E-state index in [-0.39, 0.29) is 5.75 Å². The molecule has 0 saturated carbocycles. The Hall–Kier alpha value is -2.68. The molecule has 0 radical (unpaired) electrons. The van der Waals surface area contributed by atoms with Crippen LogP contribution in [-0.4, -0.2) is 9.51 Å². The standard InChI is InChI=1S/C16H12N2O/c17-10-8-14-16(15(19)9-10)12-5-2-1-4-11(12)13-6-3-7-18(13)14/h1-9,19H,17H2. The Bertz CT molecular complexity index is 938. The third-order valence-corrected chi connectivity index (χ3v) is 3.60. The molecule has 3 nitrogen and oxygen atoms in total. The zero-order valence-corrected chi connectivity index (χ0v) is 10.2. The van der Waals surface area contributed by atoms with Crippen LogP contribution in [0.3, 0.4) is 0 Å². The predicted octanol–water partition coefficient (Wildman–Crippen LogP) is 3.53. The van der Waals surface area contributed by atoms with Gasteiger partial charge in [0, 0.05) is 28.7 Å². The van der Waals surface area contributed by atoms with Gasteiger partial charge >= 0.3 is 0 Å². The molecule has 4 aromatic rings. The fraction of sp³-hybridized carbons (Fsp3) is 0. The lowest BCUT2D eigenvalue weighted by molar-refractivity contribution is 0.482. The van der Waals surface area contributed by atoms with Crippen LogP contribution in [0.1, 0.15) is 0 Å². The Morgan fingerprint density at radius 1 is 0.895 bits per heavy atom. The SMILES string of the molecule is Nc1cc(O)c2c3ccccc3c3cccn3c2c1. The number of aromatic nitrogens is 1. The monoisotopic (exact) mass is 248 g/mol. The van der Waals surface area contributed by atoms with Crippen molar-refractivity contribution in [3.05, 3.63) is 54.7 Å². The number of anilines is 1. The second-order valence-corrected chi connectivity index (χ2v) is 4.74. The number of nitrogens with zero attached hydrogens (tertiary/aromatic N) is 1. The smallest absolute Gasteiger partial charge is 0.127 e. The highest BCUT2D eigenvalue weighted by Gasteiger charge is 2.11. The Balaban J connectivity index is 2.46. The Morgan fingerprint density at radius 3 is 2.53 bits per heavy atom. The molecule has 0 saturated heterocycles. The molecule has 2 aromatic carbocycles. The van der Waals surface area contributed by atoms with Crippen LogP contribution in [-0.2, 0) is 0 Å². The van der Waals surface area contributed by atoms with Gasteiger partial charge in [-0.25, -0.2) is 0 Å². The average Bonchev–Trinajstić information content (AvgIpc) is 2.87. The summed E-state index contributed by atoms with van der Waals surface area (Å²) >= 11 is 0.